The SMILES string of the molecule is CC1CC(C)CC(C(=O)CC2CC3CCC2C3)C1. The fraction of sp³-hybridized carbons (Fsp3) is 0.941. The Morgan fingerprint density at radius 2 is 1.67 bits per heavy atom. The zero-order valence-corrected chi connectivity index (χ0v) is 12.0. The lowest BCUT2D eigenvalue weighted by molar-refractivity contribution is -0.126. The molecule has 0 spiro atoms. The van der Waals surface area contributed by atoms with Gasteiger partial charge in [0.1, 0.15) is 5.78 Å². The molecule has 1 heteroatoms. The van der Waals surface area contributed by atoms with Crippen LogP contribution in [0.1, 0.15) is 65.2 Å². The molecule has 1 nitrogen and oxygen atoms in total. The summed E-state index contributed by atoms with van der Waals surface area (Å²) in [6.07, 6.45) is 10.3. The van der Waals surface area contributed by atoms with Gasteiger partial charge in [-0.3, -0.25) is 4.79 Å². The van der Waals surface area contributed by atoms with Gasteiger partial charge in [0.2, 0.25) is 0 Å². The topological polar surface area (TPSA) is 17.1 Å². The summed E-state index contributed by atoms with van der Waals surface area (Å²) in [6, 6.07) is 0. The van der Waals surface area contributed by atoms with Crippen molar-refractivity contribution in [3.63, 3.8) is 0 Å². The van der Waals surface area contributed by atoms with Crippen LogP contribution >= 0.6 is 0 Å². The van der Waals surface area contributed by atoms with Crippen LogP contribution in [0.3, 0.4) is 0 Å². The summed E-state index contributed by atoms with van der Waals surface area (Å²) < 4.78 is 0. The molecule has 0 aromatic rings. The molecule has 3 rings (SSSR count). The van der Waals surface area contributed by atoms with E-state index in [0.29, 0.717) is 11.7 Å². The molecule has 0 N–H and O–H groups in total. The van der Waals surface area contributed by atoms with Crippen molar-refractivity contribution in [3.8, 4) is 0 Å². The molecular weight excluding hydrogens is 220 g/mol. The zero-order chi connectivity index (χ0) is 12.7. The maximum atomic E-state index is 12.5. The fourth-order valence-electron chi connectivity index (χ4n) is 5.26. The van der Waals surface area contributed by atoms with Gasteiger partial charge >= 0.3 is 0 Å². The van der Waals surface area contributed by atoms with E-state index in [0.717, 1.165) is 36.0 Å². The molecule has 5 unspecified atom stereocenters. The number of fused-ring (bicyclic) bond motifs is 2. The summed E-state index contributed by atoms with van der Waals surface area (Å²) in [5.41, 5.74) is 0. The molecule has 18 heavy (non-hydrogen) atoms. The van der Waals surface area contributed by atoms with E-state index in [4.69, 9.17) is 0 Å². The molecule has 0 aromatic heterocycles. The number of ketones is 1. The molecule has 0 aliphatic heterocycles. The Bertz CT molecular complexity index is 312. The Hall–Kier alpha value is -0.330. The van der Waals surface area contributed by atoms with Crippen molar-refractivity contribution in [3.05, 3.63) is 0 Å². The minimum Gasteiger partial charge on any atom is -0.299 e. The second-order valence-electron chi connectivity index (χ2n) is 7.72. The highest BCUT2D eigenvalue weighted by Crippen LogP contribution is 2.50. The Labute approximate surface area is 112 Å². The maximum Gasteiger partial charge on any atom is 0.136 e. The van der Waals surface area contributed by atoms with Crippen LogP contribution in [0.5, 0.6) is 0 Å². The average Bonchev–Trinajstić information content (AvgIpc) is 2.89. The largest absolute Gasteiger partial charge is 0.299 e. The molecule has 3 saturated carbocycles. The van der Waals surface area contributed by atoms with Crippen molar-refractivity contribution >= 4 is 5.78 Å². The highest BCUT2D eigenvalue weighted by molar-refractivity contribution is 5.81. The van der Waals surface area contributed by atoms with Gasteiger partial charge in [-0.2, -0.15) is 0 Å². The molecule has 3 aliphatic carbocycles. The normalized spacial score (nSPS) is 47.4. The predicted octanol–water partition coefficient (Wildman–Crippen LogP) is 4.45. The second kappa shape index (κ2) is 4.98. The van der Waals surface area contributed by atoms with Gasteiger partial charge < -0.3 is 0 Å². The van der Waals surface area contributed by atoms with Crippen LogP contribution in [-0.4, -0.2) is 5.78 Å². The highest BCUT2D eigenvalue weighted by Gasteiger charge is 2.41. The minimum absolute atomic E-state index is 0.405. The van der Waals surface area contributed by atoms with Crippen LogP contribution in [0.2, 0.25) is 0 Å². The van der Waals surface area contributed by atoms with Gasteiger partial charge in [0.15, 0.2) is 0 Å². The second-order valence-corrected chi connectivity index (χ2v) is 7.72. The first-order valence-electron chi connectivity index (χ1n) is 8.14. The Morgan fingerprint density at radius 1 is 0.944 bits per heavy atom. The van der Waals surface area contributed by atoms with Crippen molar-refractivity contribution in [1.29, 1.82) is 0 Å². The van der Waals surface area contributed by atoms with Gasteiger partial charge in [-0.05, 0) is 68.1 Å². The molecule has 0 saturated heterocycles. The van der Waals surface area contributed by atoms with E-state index in [9.17, 15) is 4.79 Å². The molecule has 0 aromatic carbocycles. The Morgan fingerprint density at radius 3 is 2.22 bits per heavy atom. The van der Waals surface area contributed by atoms with Gasteiger partial charge in [-0.15, -0.1) is 0 Å². The highest BCUT2D eigenvalue weighted by atomic mass is 16.1. The third-order valence-electron chi connectivity index (χ3n) is 5.98. The van der Waals surface area contributed by atoms with Crippen LogP contribution in [0.25, 0.3) is 0 Å². The third kappa shape index (κ3) is 2.51. The van der Waals surface area contributed by atoms with Gasteiger partial charge in [-0.1, -0.05) is 20.3 Å². The lowest BCUT2D eigenvalue weighted by Gasteiger charge is -2.32. The van der Waals surface area contributed by atoms with E-state index in [1.807, 2.05) is 0 Å². The van der Waals surface area contributed by atoms with E-state index in [1.54, 1.807) is 0 Å². The number of Topliss-reactive ketones (excluding diaryl/α,β-unsaturated/α-hetero) is 1. The van der Waals surface area contributed by atoms with E-state index < -0.39 is 0 Å². The van der Waals surface area contributed by atoms with Crippen LogP contribution in [0, 0.1) is 35.5 Å². The first-order chi connectivity index (χ1) is 8.61. The van der Waals surface area contributed by atoms with E-state index in [-0.39, 0.29) is 0 Å². The van der Waals surface area contributed by atoms with Gasteiger partial charge in [-0.25, -0.2) is 0 Å². The molecule has 0 radical (unpaired) electrons. The van der Waals surface area contributed by atoms with Crippen LogP contribution < -0.4 is 0 Å². The van der Waals surface area contributed by atoms with E-state index in [1.165, 1.54) is 44.9 Å². The van der Waals surface area contributed by atoms with Gasteiger partial charge in [0.05, 0.1) is 0 Å². The number of hydrogen-bond acceptors (Lipinski definition) is 1. The van der Waals surface area contributed by atoms with Crippen molar-refractivity contribution in [2.45, 2.75) is 65.2 Å². The maximum absolute atomic E-state index is 12.5. The summed E-state index contributed by atoms with van der Waals surface area (Å²) in [5.74, 6) is 5.22. The predicted molar refractivity (Wildman–Crippen MR) is 74.2 cm³/mol. The average molecular weight is 248 g/mol. The van der Waals surface area contributed by atoms with E-state index in [2.05, 4.69) is 13.8 Å². The number of carbonyl (C=O) groups is 1. The van der Waals surface area contributed by atoms with Gasteiger partial charge in [0.25, 0.3) is 0 Å². The zero-order valence-electron chi connectivity index (χ0n) is 12.0. The summed E-state index contributed by atoms with van der Waals surface area (Å²) in [7, 11) is 0. The van der Waals surface area contributed by atoms with Crippen molar-refractivity contribution in [2.75, 3.05) is 0 Å². The van der Waals surface area contributed by atoms with Crippen molar-refractivity contribution in [2.24, 2.45) is 35.5 Å². The Balaban J connectivity index is 1.55. The quantitative estimate of drug-likeness (QED) is 0.721. The first kappa shape index (κ1) is 12.7. The number of hydrogen-bond donors (Lipinski definition) is 0. The molecule has 2 bridgehead atoms. The molecule has 3 fully saturated rings. The molecule has 0 heterocycles. The van der Waals surface area contributed by atoms with Crippen LogP contribution in [0.15, 0.2) is 0 Å². The fourth-order valence-corrected chi connectivity index (χ4v) is 5.26. The van der Waals surface area contributed by atoms with Crippen LogP contribution in [-0.2, 0) is 4.79 Å². The lowest BCUT2D eigenvalue weighted by Crippen LogP contribution is -2.28. The van der Waals surface area contributed by atoms with E-state index >= 15 is 0 Å². The monoisotopic (exact) mass is 248 g/mol. The minimum atomic E-state index is 0.405. The summed E-state index contributed by atoms with van der Waals surface area (Å²) in [5, 5.41) is 0. The number of rotatable bonds is 3. The number of carbonyl (C=O) groups excluding carboxylic acids is 1. The molecule has 3 aliphatic rings. The summed E-state index contributed by atoms with van der Waals surface area (Å²) in [6.45, 7) is 4.65. The Kier molecular flexibility index (Phi) is 3.51. The standard InChI is InChI=1S/C17H28O/c1-11-5-12(2)7-16(6-11)17(18)10-15-9-13-3-4-14(15)8-13/h11-16H,3-10H2,1-2H3. The van der Waals surface area contributed by atoms with Crippen LogP contribution in [0.4, 0.5) is 0 Å². The first-order valence-corrected chi connectivity index (χ1v) is 8.14. The van der Waals surface area contributed by atoms with Crippen molar-refractivity contribution < 1.29 is 4.79 Å². The molecule has 102 valence electrons. The summed E-state index contributed by atoms with van der Waals surface area (Å²) in [4.78, 5) is 12.5. The van der Waals surface area contributed by atoms with Crippen molar-refractivity contribution in [1.82, 2.24) is 0 Å². The van der Waals surface area contributed by atoms with Gasteiger partial charge in [0, 0.05) is 12.3 Å². The molecular formula is C17H28O. The third-order valence-corrected chi connectivity index (χ3v) is 5.98. The molecule has 0 amide bonds. The molecule has 5 atom stereocenters. The summed E-state index contributed by atoms with van der Waals surface area (Å²) >= 11 is 0. The smallest absolute Gasteiger partial charge is 0.136 e. The lowest BCUT2D eigenvalue weighted by atomic mass is 9.73.